The highest BCUT2D eigenvalue weighted by Gasteiger charge is 2.10. The lowest BCUT2D eigenvalue weighted by atomic mass is 10.1. The largest absolute Gasteiger partial charge is 0.325 e. The van der Waals surface area contributed by atoms with E-state index < -0.39 is 0 Å². The van der Waals surface area contributed by atoms with Gasteiger partial charge in [0.05, 0.1) is 5.75 Å². The summed E-state index contributed by atoms with van der Waals surface area (Å²) in [5.74, 6) is 0.793. The summed E-state index contributed by atoms with van der Waals surface area (Å²) >= 11 is 2.92. The van der Waals surface area contributed by atoms with Crippen molar-refractivity contribution in [3.05, 3.63) is 76.8 Å². The van der Waals surface area contributed by atoms with Gasteiger partial charge in [-0.05, 0) is 36.2 Å². The van der Waals surface area contributed by atoms with Crippen molar-refractivity contribution >= 4 is 45.7 Å². The normalized spacial score (nSPS) is 10.4. The first kappa shape index (κ1) is 19.1. The molecule has 0 fully saturated rings. The third-order valence-corrected chi connectivity index (χ3v) is 5.48. The van der Waals surface area contributed by atoms with Crippen LogP contribution in [-0.2, 0) is 10.5 Å². The summed E-state index contributed by atoms with van der Waals surface area (Å²) in [4.78, 5) is 28.5. The first-order chi connectivity index (χ1) is 13.1. The summed E-state index contributed by atoms with van der Waals surface area (Å²) in [7, 11) is 0. The molecule has 0 atom stereocenters. The van der Waals surface area contributed by atoms with Gasteiger partial charge in [0, 0.05) is 28.6 Å². The van der Waals surface area contributed by atoms with Crippen LogP contribution >= 0.6 is 23.1 Å². The molecular weight excluding hydrogens is 378 g/mol. The summed E-state index contributed by atoms with van der Waals surface area (Å²) in [6.45, 7) is 2.07. The standard InChI is InChI=1S/C20H19N3O2S2/c1-14-5-2-3-6-16(14)12-26-13-18(24)22-17-8-4-7-15(11-17)19(25)23-20-21-9-10-27-20/h2-11H,12-13H2,1H3,(H,22,24)(H,21,23,25). The molecule has 3 rings (SSSR count). The first-order valence-electron chi connectivity index (χ1n) is 8.35. The Hall–Kier alpha value is -2.64. The van der Waals surface area contributed by atoms with Crippen molar-refractivity contribution in [3.63, 3.8) is 0 Å². The Labute approximate surface area is 166 Å². The van der Waals surface area contributed by atoms with Crippen LogP contribution in [0.2, 0.25) is 0 Å². The van der Waals surface area contributed by atoms with Crippen LogP contribution < -0.4 is 10.6 Å². The molecule has 2 aromatic carbocycles. The number of aromatic nitrogens is 1. The van der Waals surface area contributed by atoms with Crippen LogP contribution in [0.15, 0.2) is 60.1 Å². The lowest BCUT2D eigenvalue weighted by Gasteiger charge is -2.08. The molecule has 0 radical (unpaired) electrons. The van der Waals surface area contributed by atoms with Crippen molar-refractivity contribution in [3.8, 4) is 0 Å². The van der Waals surface area contributed by atoms with Gasteiger partial charge < -0.3 is 5.32 Å². The molecule has 2 amide bonds. The zero-order chi connectivity index (χ0) is 19.1. The molecule has 7 heteroatoms. The quantitative estimate of drug-likeness (QED) is 0.612. The number of amides is 2. The van der Waals surface area contributed by atoms with E-state index in [0.29, 0.717) is 22.1 Å². The number of hydrogen-bond donors (Lipinski definition) is 2. The minimum Gasteiger partial charge on any atom is -0.325 e. The minimum absolute atomic E-state index is 0.0916. The molecule has 0 bridgehead atoms. The summed E-state index contributed by atoms with van der Waals surface area (Å²) in [6, 6.07) is 15.0. The van der Waals surface area contributed by atoms with Crippen LogP contribution in [-0.4, -0.2) is 22.6 Å². The number of anilines is 2. The maximum Gasteiger partial charge on any atom is 0.257 e. The maximum absolute atomic E-state index is 12.2. The molecule has 27 heavy (non-hydrogen) atoms. The number of carbonyl (C=O) groups is 2. The van der Waals surface area contributed by atoms with E-state index in [1.807, 2.05) is 12.1 Å². The Bertz CT molecular complexity index is 926. The van der Waals surface area contributed by atoms with Gasteiger partial charge in [-0.1, -0.05) is 30.3 Å². The Morgan fingerprint density at radius 3 is 2.74 bits per heavy atom. The zero-order valence-electron chi connectivity index (χ0n) is 14.8. The fourth-order valence-corrected chi connectivity index (χ4v) is 3.84. The molecule has 0 saturated heterocycles. The van der Waals surface area contributed by atoms with Gasteiger partial charge in [0.1, 0.15) is 0 Å². The van der Waals surface area contributed by atoms with E-state index >= 15 is 0 Å². The van der Waals surface area contributed by atoms with E-state index in [9.17, 15) is 9.59 Å². The number of aryl methyl sites for hydroxylation is 1. The Balaban J connectivity index is 1.52. The highest BCUT2D eigenvalue weighted by atomic mass is 32.2. The molecule has 2 N–H and O–H groups in total. The van der Waals surface area contributed by atoms with Gasteiger partial charge in [0.25, 0.3) is 5.91 Å². The number of rotatable bonds is 7. The summed E-state index contributed by atoms with van der Waals surface area (Å²) in [5.41, 5.74) is 3.53. The molecule has 0 spiro atoms. The van der Waals surface area contributed by atoms with Crippen LogP contribution in [0.1, 0.15) is 21.5 Å². The second kappa shape index (κ2) is 9.34. The average molecular weight is 398 g/mol. The zero-order valence-corrected chi connectivity index (χ0v) is 16.4. The molecule has 0 aliphatic heterocycles. The van der Waals surface area contributed by atoms with Gasteiger partial charge in [-0.3, -0.25) is 14.9 Å². The third-order valence-electron chi connectivity index (χ3n) is 3.81. The van der Waals surface area contributed by atoms with Crippen LogP contribution in [0, 0.1) is 6.92 Å². The molecule has 0 saturated carbocycles. The summed E-state index contributed by atoms with van der Waals surface area (Å²) in [5, 5.41) is 7.91. The predicted molar refractivity (Wildman–Crippen MR) is 112 cm³/mol. The molecule has 1 aromatic heterocycles. The van der Waals surface area contributed by atoms with Gasteiger partial charge in [0.2, 0.25) is 5.91 Å². The van der Waals surface area contributed by atoms with Gasteiger partial charge >= 0.3 is 0 Å². The number of hydrogen-bond acceptors (Lipinski definition) is 5. The van der Waals surface area contributed by atoms with E-state index in [4.69, 9.17) is 0 Å². The summed E-state index contributed by atoms with van der Waals surface area (Å²) in [6.07, 6.45) is 1.63. The minimum atomic E-state index is -0.255. The van der Waals surface area contributed by atoms with Crippen molar-refractivity contribution in [1.82, 2.24) is 4.98 Å². The van der Waals surface area contributed by atoms with Gasteiger partial charge in [-0.25, -0.2) is 4.98 Å². The van der Waals surface area contributed by atoms with E-state index in [1.165, 1.54) is 22.5 Å². The molecule has 138 valence electrons. The molecule has 0 aliphatic carbocycles. The Morgan fingerprint density at radius 1 is 1.11 bits per heavy atom. The van der Waals surface area contributed by atoms with Gasteiger partial charge in [0.15, 0.2) is 5.13 Å². The second-order valence-electron chi connectivity index (χ2n) is 5.84. The van der Waals surface area contributed by atoms with Crippen molar-refractivity contribution in [1.29, 1.82) is 0 Å². The van der Waals surface area contributed by atoms with Crippen molar-refractivity contribution in [2.75, 3.05) is 16.4 Å². The van der Waals surface area contributed by atoms with Crippen molar-refractivity contribution in [2.45, 2.75) is 12.7 Å². The van der Waals surface area contributed by atoms with Gasteiger partial charge in [-0.2, -0.15) is 0 Å². The number of nitrogens with one attached hydrogen (secondary N) is 2. The second-order valence-corrected chi connectivity index (χ2v) is 7.72. The van der Waals surface area contributed by atoms with E-state index in [0.717, 1.165) is 5.75 Å². The fraction of sp³-hybridized carbons (Fsp3) is 0.150. The number of benzene rings is 2. The molecule has 5 nitrogen and oxygen atoms in total. The highest BCUT2D eigenvalue weighted by Crippen LogP contribution is 2.18. The van der Waals surface area contributed by atoms with E-state index in [1.54, 1.807) is 47.6 Å². The molecule has 1 heterocycles. The van der Waals surface area contributed by atoms with E-state index in [2.05, 4.69) is 34.7 Å². The fourth-order valence-electron chi connectivity index (χ4n) is 2.42. The highest BCUT2D eigenvalue weighted by molar-refractivity contribution is 7.99. The third kappa shape index (κ3) is 5.67. The van der Waals surface area contributed by atoms with Crippen LogP contribution in [0.5, 0.6) is 0 Å². The number of nitrogens with zero attached hydrogens (tertiary/aromatic N) is 1. The van der Waals surface area contributed by atoms with Crippen LogP contribution in [0.3, 0.4) is 0 Å². The molecule has 0 aliphatic rings. The lowest BCUT2D eigenvalue weighted by Crippen LogP contribution is -2.16. The number of thiazole rings is 1. The Morgan fingerprint density at radius 2 is 1.96 bits per heavy atom. The molecule has 3 aromatic rings. The monoisotopic (exact) mass is 397 g/mol. The lowest BCUT2D eigenvalue weighted by molar-refractivity contribution is -0.113. The molecule has 0 unspecified atom stereocenters. The topological polar surface area (TPSA) is 71.1 Å². The SMILES string of the molecule is Cc1ccccc1CSCC(=O)Nc1cccc(C(=O)Nc2nccs2)c1. The van der Waals surface area contributed by atoms with Crippen LogP contribution in [0.25, 0.3) is 0 Å². The first-order valence-corrected chi connectivity index (χ1v) is 10.4. The number of thioether (sulfide) groups is 1. The molecular formula is C20H19N3O2S2. The van der Waals surface area contributed by atoms with Crippen molar-refractivity contribution < 1.29 is 9.59 Å². The van der Waals surface area contributed by atoms with Crippen LogP contribution in [0.4, 0.5) is 10.8 Å². The summed E-state index contributed by atoms with van der Waals surface area (Å²) < 4.78 is 0. The van der Waals surface area contributed by atoms with E-state index in [-0.39, 0.29) is 11.8 Å². The Kier molecular flexibility index (Phi) is 6.62. The van der Waals surface area contributed by atoms with Gasteiger partial charge in [-0.15, -0.1) is 23.1 Å². The smallest absolute Gasteiger partial charge is 0.257 e. The average Bonchev–Trinajstić information content (AvgIpc) is 3.16. The predicted octanol–water partition coefficient (Wildman–Crippen LogP) is 4.58. The van der Waals surface area contributed by atoms with Crippen molar-refractivity contribution in [2.24, 2.45) is 0 Å². The number of carbonyl (C=O) groups excluding carboxylic acids is 2. The maximum atomic E-state index is 12.2.